The van der Waals surface area contributed by atoms with Crippen molar-refractivity contribution in [3.05, 3.63) is 60.2 Å². The third-order valence-electron chi connectivity index (χ3n) is 3.93. The van der Waals surface area contributed by atoms with Gasteiger partial charge in [0.1, 0.15) is 18.5 Å². The number of rotatable bonds is 5. The third-order valence-corrected chi connectivity index (χ3v) is 3.93. The van der Waals surface area contributed by atoms with Crippen LogP contribution >= 0.6 is 0 Å². The molecule has 2 aromatic rings. The number of amides is 1. The second-order valence-corrected chi connectivity index (χ2v) is 5.91. The molecule has 1 fully saturated rings. The van der Waals surface area contributed by atoms with Gasteiger partial charge in [0.25, 0.3) is 5.91 Å². The van der Waals surface area contributed by atoms with Gasteiger partial charge < -0.3 is 19.7 Å². The van der Waals surface area contributed by atoms with Gasteiger partial charge in [-0.25, -0.2) is 0 Å². The molecule has 1 amide bonds. The molecule has 0 saturated carbocycles. The standard InChI is InChI=1S/C19H22N2O3/c1-21-11-12-23-18(13-21)19(22)20-16-9-7-15(8-10-16)14-24-17-5-3-2-4-6-17/h2-10,18H,11-14H2,1H3,(H,20,22)/t18-/m1/s1. The Hall–Kier alpha value is -2.37. The van der Waals surface area contributed by atoms with E-state index in [9.17, 15) is 4.79 Å². The Balaban J connectivity index is 1.51. The van der Waals surface area contributed by atoms with Crippen molar-refractivity contribution in [2.45, 2.75) is 12.7 Å². The van der Waals surface area contributed by atoms with Gasteiger partial charge in [0, 0.05) is 18.8 Å². The first-order chi connectivity index (χ1) is 11.7. The Morgan fingerprint density at radius 1 is 1.21 bits per heavy atom. The quantitative estimate of drug-likeness (QED) is 0.917. The first kappa shape index (κ1) is 16.5. The second-order valence-electron chi connectivity index (χ2n) is 5.91. The number of carbonyl (C=O) groups excluding carboxylic acids is 1. The lowest BCUT2D eigenvalue weighted by Crippen LogP contribution is -2.46. The van der Waals surface area contributed by atoms with Gasteiger partial charge in [-0.3, -0.25) is 4.79 Å². The van der Waals surface area contributed by atoms with E-state index in [2.05, 4.69) is 10.2 Å². The van der Waals surface area contributed by atoms with Crippen molar-refractivity contribution in [2.24, 2.45) is 0 Å². The number of nitrogens with one attached hydrogen (secondary N) is 1. The largest absolute Gasteiger partial charge is 0.489 e. The van der Waals surface area contributed by atoms with Crippen LogP contribution in [0.3, 0.4) is 0 Å². The monoisotopic (exact) mass is 326 g/mol. The number of likely N-dealkylation sites (N-methyl/N-ethyl adjacent to an activating group) is 1. The number of nitrogens with zero attached hydrogens (tertiary/aromatic N) is 1. The molecule has 0 aromatic heterocycles. The summed E-state index contributed by atoms with van der Waals surface area (Å²) in [5.74, 6) is 0.739. The number of morpholine rings is 1. The van der Waals surface area contributed by atoms with Crippen LogP contribution in [-0.4, -0.2) is 43.7 Å². The Labute approximate surface area is 142 Å². The lowest BCUT2D eigenvalue weighted by Gasteiger charge is -2.29. The van der Waals surface area contributed by atoms with Crippen LogP contribution in [0.4, 0.5) is 5.69 Å². The lowest BCUT2D eigenvalue weighted by atomic mass is 10.2. The summed E-state index contributed by atoms with van der Waals surface area (Å²) in [5.41, 5.74) is 1.81. The topological polar surface area (TPSA) is 50.8 Å². The van der Waals surface area contributed by atoms with Crippen molar-refractivity contribution in [3.8, 4) is 5.75 Å². The highest BCUT2D eigenvalue weighted by molar-refractivity contribution is 5.94. The summed E-state index contributed by atoms with van der Waals surface area (Å²) >= 11 is 0. The molecule has 3 rings (SSSR count). The Morgan fingerprint density at radius 2 is 1.96 bits per heavy atom. The van der Waals surface area contributed by atoms with Crippen molar-refractivity contribution >= 4 is 11.6 Å². The van der Waals surface area contributed by atoms with E-state index >= 15 is 0 Å². The molecular weight excluding hydrogens is 304 g/mol. The van der Waals surface area contributed by atoms with E-state index in [1.165, 1.54) is 0 Å². The van der Waals surface area contributed by atoms with Crippen LogP contribution in [0.15, 0.2) is 54.6 Å². The summed E-state index contributed by atoms with van der Waals surface area (Å²) in [5, 5.41) is 2.90. The average molecular weight is 326 g/mol. The van der Waals surface area contributed by atoms with E-state index in [0.29, 0.717) is 19.8 Å². The van der Waals surface area contributed by atoms with Crippen LogP contribution < -0.4 is 10.1 Å². The minimum absolute atomic E-state index is 0.102. The second kappa shape index (κ2) is 7.95. The number of anilines is 1. The molecule has 0 aliphatic carbocycles. The summed E-state index contributed by atoms with van der Waals surface area (Å²) in [6, 6.07) is 17.4. The first-order valence-corrected chi connectivity index (χ1v) is 8.08. The summed E-state index contributed by atoms with van der Waals surface area (Å²) in [4.78, 5) is 14.3. The van der Waals surface area contributed by atoms with Gasteiger partial charge in [-0.1, -0.05) is 30.3 Å². The molecule has 1 atom stereocenters. The van der Waals surface area contributed by atoms with Crippen LogP contribution in [-0.2, 0) is 16.1 Å². The van der Waals surface area contributed by atoms with E-state index in [4.69, 9.17) is 9.47 Å². The van der Waals surface area contributed by atoms with Gasteiger partial charge in [0.15, 0.2) is 0 Å². The van der Waals surface area contributed by atoms with Gasteiger partial charge in [-0.2, -0.15) is 0 Å². The molecular formula is C19H22N2O3. The molecule has 1 heterocycles. The molecule has 1 aliphatic rings. The highest BCUT2D eigenvalue weighted by Crippen LogP contribution is 2.15. The van der Waals surface area contributed by atoms with Crippen molar-refractivity contribution in [3.63, 3.8) is 0 Å². The van der Waals surface area contributed by atoms with Crippen molar-refractivity contribution < 1.29 is 14.3 Å². The average Bonchev–Trinajstić information content (AvgIpc) is 2.62. The Morgan fingerprint density at radius 3 is 2.67 bits per heavy atom. The predicted molar refractivity (Wildman–Crippen MR) is 93.1 cm³/mol. The van der Waals surface area contributed by atoms with E-state index in [1.54, 1.807) is 0 Å². The number of hydrogen-bond donors (Lipinski definition) is 1. The molecule has 1 saturated heterocycles. The van der Waals surface area contributed by atoms with E-state index in [1.807, 2.05) is 61.6 Å². The third kappa shape index (κ3) is 4.57. The van der Waals surface area contributed by atoms with Gasteiger partial charge in [0.2, 0.25) is 0 Å². The predicted octanol–water partition coefficient (Wildman–Crippen LogP) is 2.53. The van der Waals surface area contributed by atoms with Crippen LogP contribution in [0.5, 0.6) is 5.75 Å². The number of para-hydroxylation sites is 1. The molecule has 5 nitrogen and oxygen atoms in total. The van der Waals surface area contributed by atoms with E-state index in [-0.39, 0.29) is 5.91 Å². The Kier molecular flexibility index (Phi) is 5.46. The SMILES string of the molecule is CN1CCO[C@@H](C(=O)Nc2ccc(COc3ccccc3)cc2)C1. The van der Waals surface area contributed by atoms with Crippen molar-refractivity contribution in [1.82, 2.24) is 4.90 Å². The van der Waals surface area contributed by atoms with E-state index < -0.39 is 6.10 Å². The number of hydrogen-bond acceptors (Lipinski definition) is 4. The number of benzene rings is 2. The molecule has 0 radical (unpaired) electrons. The molecule has 1 aliphatic heterocycles. The molecule has 0 unspecified atom stereocenters. The van der Waals surface area contributed by atoms with Gasteiger partial charge in [-0.15, -0.1) is 0 Å². The van der Waals surface area contributed by atoms with Gasteiger partial charge >= 0.3 is 0 Å². The zero-order chi connectivity index (χ0) is 16.8. The van der Waals surface area contributed by atoms with Crippen molar-refractivity contribution in [2.75, 3.05) is 32.1 Å². The summed E-state index contributed by atoms with van der Waals surface area (Å²) in [7, 11) is 1.99. The molecule has 24 heavy (non-hydrogen) atoms. The Bertz CT molecular complexity index is 658. The molecule has 1 N–H and O–H groups in total. The molecule has 0 bridgehead atoms. The first-order valence-electron chi connectivity index (χ1n) is 8.08. The molecule has 126 valence electrons. The van der Waals surface area contributed by atoms with Gasteiger partial charge in [-0.05, 0) is 36.9 Å². The van der Waals surface area contributed by atoms with E-state index in [0.717, 1.165) is 23.5 Å². The molecule has 0 spiro atoms. The maximum Gasteiger partial charge on any atom is 0.254 e. The molecule has 5 heteroatoms. The molecule has 2 aromatic carbocycles. The number of carbonyl (C=O) groups is 1. The minimum Gasteiger partial charge on any atom is -0.489 e. The normalized spacial score (nSPS) is 18.1. The lowest BCUT2D eigenvalue weighted by molar-refractivity contribution is -0.132. The van der Waals surface area contributed by atoms with Crippen molar-refractivity contribution in [1.29, 1.82) is 0 Å². The smallest absolute Gasteiger partial charge is 0.254 e. The van der Waals surface area contributed by atoms with Crippen LogP contribution in [0.25, 0.3) is 0 Å². The fraction of sp³-hybridized carbons (Fsp3) is 0.316. The maximum absolute atomic E-state index is 12.2. The van der Waals surface area contributed by atoms with Gasteiger partial charge in [0.05, 0.1) is 6.61 Å². The zero-order valence-corrected chi connectivity index (χ0v) is 13.8. The number of ether oxygens (including phenoxy) is 2. The highest BCUT2D eigenvalue weighted by Gasteiger charge is 2.24. The summed E-state index contributed by atoms with van der Waals surface area (Å²) < 4.78 is 11.2. The highest BCUT2D eigenvalue weighted by atomic mass is 16.5. The zero-order valence-electron chi connectivity index (χ0n) is 13.8. The fourth-order valence-corrected chi connectivity index (χ4v) is 2.53. The minimum atomic E-state index is -0.412. The fourth-order valence-electron chi connectivity index (χ4n) is 2.53. The summed E-state index contributed by atoms with van der Waals surface area (Å²) in [6.07, 6.45) is -0.412. The maximum atomic E-state index is 12.2. The van der Waals surface area contributed by atoms with Crippen LogP contribution in [0.1, 0.15) is 5.56 Å². The van der Waals surface area contributed by atoms with Crippen LogP contribution in [0.2, 0.25) is 0 Å². The summed E-state index contributed by atoms with van der Waals surface area (Å²) in [6.45, 7) is 2.56. The van der Waals surface area contributed by atoms with Crippen LogP contribution in [0, 0.1) is 0 Å².